The SMILES string of the molecule is CC(=O)N1CCC(C(C)(O)c2cc(F)c3c(c2)C(=O)N(Cc2ccc(C#N)cn2)C3OCC2(CO)CC2)CC1. The molecule has 0 spiro atoms. The van der Waals surface area contributed by atoms with Crippen LogP contribution >= 0.6 is 0 Å². The first-order valence-corrected chi connectivity index (χ1v) is 13.3. The summed E-state index contributed by atoms with van der Waals surface area (Å²) in [6, 6.07) is 8.09. The molecule has 2 N–H and O–H groups in total. The molecule has 2 aliphatic heterocycles. The lowest BCUT2D eigenvalue weighted by Gasteiger charge is -2.39. The molecular formula is C29H33FN4O5. The Hall–Kier alpha value is -3.39. The van der Waals surface area contributed by atoms with E-state index in [4.69, 9.17) is 10.00 Å². The number of amides is 2. The summed E-state index contributed by atoms with van der Waals surface area (Å²) in [5, 5.41) is 30.4. The molecule has 39 heavy (non-hydrogen) atoms. The van der Waals surface area contributed by atoms with Crippen LogP contribution in [0.2, 0.25) is 0 Å². The van der Waals surface area contributed by atoms with E-state index >= 15 is 4.39 Å². The van der Waals surface area contributed by atoms with Crippen molar-refractivity contribution in [3.05, 3.63) is 64.2 Å². The van der Waals surface area contributed by atoms with Crippen LogP contribution < -0.4 is 0 Å². The number of benzene rings is 1. The highest BCUT2D eigenvalue weighted by Crippen LogP contribution is 2.48. The van der Waals surface area contributed by atoms with Crippen molar-refractivity contribution in [1.29, 1.82) is 5.26 Å². The Balaban J connectivity index is 1.45. The van der Waals surface area contributed by atoms with Gasteiger partial charge in [-0.3, -0.25) is 14.6 Å². The summed E-state index contributed by atoms with van der Waals surface area (Å²) < 4.78 is 22.0. The van der Waals surface area contributed by atoms with Gasteiger partial charge in [-0.15, -0.1) is 0 Å². The summed E-state index contributed by atoms with van der Waals surface area (Å²) in [6.45, 7) is 4.32. The number of carbonyl (C=O) groups excluding carboxylic acids is 2. The van der Waals surface area contributed by atoms with Crippen molar-refractivity contribution in [2.24, 2.45) is 11.3 Å². The summed E-state index contributed by atoms with van der Waals surface area (Å²) in [5.74, 6) is -1.32. The van der Waals surface area contributed by atoms with Crippen LogP contribution in [0.25, 0.3) is 0 Å². The number of aliphatic hydroxyl groups is 2. The van der Waals surface area contributed by atoms with Crippen molar-refractivity contribution < 1.29 is 28.9 Å². The number of hydrogen-bond acceptors (Lipinski definition) is 7. The number of ether oxygens (including phenoxy) is 1. The van der Waals surface area contributed by atoms with Crippen LogP contribution in [-0.2, 0) is 21.7 Å². The van der Waals surface area contributed by atoms with E-state index in [-0.39, 0.29) is 48.1 Å². The van der Waals surface area contributed by atoms with Crippen LogP contribution in [0.4, 0.5) is 4.39 Å². The number of carbonyl (C=O) groups is 2. The smallest absolute Gasteiger partial charge is 0.257 e. The van der Waals surface area contributed by atoms with Crippen molar-refractivity contribution in [1.82, 2.24) is 14.8 Å². The molecule has 1 saturated heterocycles. The summed E-state index contributed by atoms with van der Waals surface area (Å²) in [7, 11) is 0. The number of likely N-dealkylation sites (tertiary alicyclic amines) is 1. The second-order valence-electron chi connectivity index (χ2n) is 11.3. The molecule has 2 aromatic rings. The molecule has 1 aromatic carbocycles. The highest BCUT2D eigenvalue weighted by Gasteiger charge is 2.47. The number of hydrogen-bond donors (Lipinski definition) is 2. The molecule has 206 valence electrons. The number of fused-ring (bicyclic) bond motifs is 1. The number of nitrogens with zero attached hydrogens (tertiary/aromatic N) is 4. The van der Waals surface area contributed by atoms with E-state index in [2.05, 4.69) is 4.98 Å². The van der Waals surface area contributed by atoms with E-state index in [9.17, 15) is 19.8 Å². The van der Waals surface area contributed by atoms with Gasteiger partial charge in [-0.2, -0.15) is 5.26 Å². The molecule has 3 heterocycles. The molecule has 2 unspecified atom stereocenters. The lowest BCUT2D eigenvalue weighted by atomic mass is 9.76. The number of rotatable bonds is 8. The molecule has 2 fully saturated rings. The highest BCUT2D eigenvalue weighted by atomic mass is 19.1. The standard InChI is InChI=1S/C29H33FN4O5/c1-18(36)33-9-5-20(6-10-33)28(2,38)21-11-23-25(24(30)12-21)27(39-17-29(16-35)7-8-29)34(26(23)37)15-22-4-3-19(13-31)14-32-22/h3-4,11-12,14,20,27,35,38H,5-10,15-17H2,1-2H3. The monoisotopic (exact) mass is 536 g/mol. The van der Waals surface area contributed by atoms with E-state index in [1.165, 1.54) is 24.1 Å². The highest BCUT2D eigenvalue weighted by molar-refractivity contribution is 5.99. The van der Waals surface area contributed by atoms with Gasteiger partial charge in [0.2, 0.25) is 5.91 Å². The summed E-state index contributed by atoms with van der Waals surface area (Å²) in [4.78, 5) is 32.8. The van der Waals surface area contributed by atoms with Gasteiger partial charge in [0.25, 0.3) is 5.91 Å². The molecule has 1 aliphatic carbocycles. The normalized spacial score (nSPS) is 21.8. The van der Waals surface area contributed by atoms with Crippen molar-refractivity contribution in [3.63, 3.8) is 0 Å². The van der Waals surface area contributed by atoms with Crippen molar-refractivity contribution in [2.75, 3.05) is 26.3 Å². The molecule has 1 saturated carbocycles. The number of piperidine rings is 1. The second kappa shape index (κ2) is 10.3. The van der Waals surface area contributed by atoms with Crippen LogP contribution in [0.5, 0.6) is 0 Å². The minimum atomic E-state index is -1.41. The van der Waals surface area contributed by atoms with E-state index in [0.29, 0.717) is 42.8 Å². The molecule has 3 aliphatic rings. The Kier molecular flexibility index (Phi) is 7.18. The van der Waals surface area contributed by atoms with Gasteiger partial charge in [0, 0.05) is 37.2 Å². The topological polar surface area (TPSA) is 127 Å². The fraction of sp³-hybridized carbons (Fsp3) is 0.517. The quantitative estimate of drug-likeness (QED) is 0.531. The zero-order chi connectivity index (χ0) is 27.9. The average molecular weight is 537 g/mol. The number of halogens is 1. The van der Waals surface area contributed by atoms with Crippen LogP contribution in [-0.4, -0.2) is 63.1 Å². The van der Waals surface area contributed by atoms with Crippen molar-refractivity contribution in [2.45, 2.75) is 57.9 Å². The zero-order valence-electron chi connectivity index (χ0n) is 22.2. The Morgan fingerprint density at radius 2 is 2.03 bits per heavy atom. The number of aliphatic hydroxyl groups excluding tert-OH is 1. The third-order valence-corrected chi connectivity index (χ3v) is 8.60. The fourth-order valence-corrected chi connectivity index (χ4v) is 5.61. The lowest BCUT2D eigenvalue weighted by molar-refractivity contribution is -0.132. The van der Waals surface area contributed by atoms with E-state index in [1.807, 2.05) is 6.07 Å². The largest absolute Gasteiger partial charge is 0.396 e. The predicted octanol–water partition coefficient (Wildman–Crippen LogP) is 3.00. The van der Waals surface area contributed by atoms with Crippen LogP contribution in [0.1, 0.15) is 78.5 Å². The molecule has 0 radical (unpaired) electrons. The lowest BCUT2D eigenvalue weighted by Crippen LogP contribution is -2.43. The maximum Gasteiger partial charge on any atom is 0.257 e. The Morgan fingerprint density at radius 3 is 2.59 bits per heavy atom. The van der Waals surface area contributed by atoms with E-state index < -0.39 is 23.6 Å². The minimum Gasteiger partial charge on any atom is -0.396 e. The maximum absolute atomic E-state index is 15.8. The minimum absolute atomic E-state index is 0.0145. The molecule has 9 nitrogen and oxygen atoms in total. The third kappa shape index (κ3) is 5.14. The summed E-state index contributed by atoms with van der Waals surface area (Å²) in [6.07, 6.45) is 3.10. The molecule has 0 bridgehead atoms. The van der Waals surface area contributed by atoms with E-state index in [1.54, 1.807) is 30.0 Å². The van der Waals surface area contributed by atoms with Gasteiger partial charge in [-0.1, -0.05) is 0 Å². The van der Waals surface area contributed by atoms with Gasteiger partial charge in [-0.05, 0) is 68.4 Å². The number of pyridine rings is 1. The van der Waals surface area contributed by atoms with Gasteiger partial charge in [0.15, 0.2) is 6.23 Å². The van der Waals surface area contributed by atoms with E-state index in [0.717, 1.165) is 12.8 Å². The zero-order valence-corrected chi connectivity index (χ0v) is 22.2. The van der Waals surface area contributed by atoms with Gasteiger partial charge < -0.3 is 24.7 Å². The fourth-order valence-electron chi connectivity index (χ4n) is 5.61. The first-order valence-electron chi connectivity index (χ1n) is 13.3. The number of aromatic nitrogens is 1. The molecule has 2 atom stereocenters. The van der Waals surface area contributed by atoms with Gasteiger partial charge in [0.05, 0.1) is 42.2 Å². The van der Waals surface area contributed by atoms with Gasteiger partial charge >= 0.3 is 0 Å². The predicted molar refractivity (Wildman–Crippen MR) is 137 cm³/mol. The Morgan fingerprint density at radius 1 is 1.31 bits per heavy atom. The molecule has 2 amide bonds. The second-order valence-corrected chi connectivity index (χ2v) is 11.3. The first-order chi connectivity index (χ1) is 18.6. The van der Waals surface area contributed by atoms with Gasteiger partial charge in [-0.25, -0.2) is 4.39 Å². The van der Waals surface area contributed by atoms with Crippen LogP contribution in [0.3, 0.4) is 0 Å². The van der Waals surface area contributed by atoms with Gasteiger partial charge in [0.1, 0.15) is 11.9 Å². The third-order valence-electron chi connectivity index (χ3n) is 8.60. The van der Waals surface area contributed by atoms with Crippen molar-refractivity contribution >= 4 is 11.8 Å². The molecule has 1 aromatic heterocycles. The van der Waals surface area contributed by atoms with Crippen molar-refractivity contribution in [3.8, 4) is 6.07 Å². The Bertz CT molecular complexity index is 1310. The summed E-state index contributed by atoms with van der Waals surface area (Å²) >= 11 is 0. The summed E-state index contributed by atoms with van der Waals surface area (Å²) in [5.41, 5.74) is -0.359. The number of nitriles is 1. The first kappa shape index (κ1) is 27.2. The average Bonchev–Trinajstić information content (AvgIpc) is 3.67. The Labute approximate surface area is 226 Å². The van der Waals surface area contributed by atoms with Crippen LogP contribution in [0, 0.1) is 28.5 Å². The molecular weight excluding hydrogens is 503 g/mol. The maximum atomic E-state index is 15.8. The van der Waals surface area contributed by atoms with Crippen LogP contribution in [0.15, 0.2) is 30.5 Å². The molecule has 10 heteroatoms. The molecule has 5 rings (SSSR count).